The molecule has 3 N–H and O–H groups in total. The van der Waals surface area contributed by atoms with Gasteiger partial charge in [-0.1, -0.05) is 24.3 Å². The predicted molar refractivity (Wildman–Crippen MR) is 100 cm³/mol. The highest BCUT2D eigenvalue weighted by Crippen LogP contribution is 2.30. The number of hydrogen-bond donors (Lipinski definition) is 3. The standard InChI is InChI=1S/C20H15F3N2O5/c21-20(22,23)12-5-3-4-11(8-12)10-25-14-7-2-1-6-13(14)17(28)16(19(25)30)18(29)24-9-15(26)27/h1-8,28H,9-10H2,(H,24,29)(H,26,27). The number of carbonyl (C=O) groups is 2. The van der Waals surface area contributed by atoms with Gasteiger partial charge in [0.1, 0.15) is 17.9 Å². The number of halogens is 3. The summed E-state index contributed by atoms with van der Waals surface area (Å²) in [5.74, 6) is -3.10. The Labute approximate surface area is 167 Å². The van der Waals surface area contributed by atoms with Crippen molar-refractivity contribution in [2.75, 3.05) is 6.54 Å². The molecule has 3 rings (SSSR count). The van der Waals surface area contributed by atoms with Crippen LogP contribution in [-0.4, -0.2) is 33.2 Å². The molecule has 1 aromatic heterocycles. The molecule has 0 unspecified atom stereocenters. The van der Waals surface area contributed by atoms with Crippen molar-refractivity contribution in [1.82, 2.24) is 9.88 Å². The average molecular weight is 420 g/mol. The van der Waals surface area contributed by atoms with Crippen molar-refractivity contribution >= 4 is 22.8 Å². The number of carboxylic acid groups (broad SMARTS) is 1. The average Bonchev–Trinajstić information content (AvgIpc) is 2.69. The summed E-state index contributed by atoms with van der Waals surface area (Å²) in [6.07, 6.45) is -4.57. The first-order valence-corrected chi connectivity index (χ1v) is 8.60. The number of aromatic nitrogens is 1. The quantitative estimate of drug-likeness (QED) is 0.588. The molecule has 0 aliphatic carbocycles. The van der Waals surface area contributed by atoms with Crippen LogP contribution in [0.25, 0.3) is 10.9 Å². The minimum Gasteiger partial charge on any atom is -0.506 e. The molecular formula is C20H15F3N2O5. The number of fused-ring (bicyclic) bond motifs is 1. The van der Waals surface area contributed by atoms with Gasteiger partial charge in [0.25, 0.3) is 11.5 Å². The van der Waals surface area contributed by atoms with Gasteiger partial charge in [0.2, 0.25) is 0 Å². The van der Waals surface area contributed by atoms with Crippen molar-refractivity contribution in [1.29, 1.82) is 0 Å². The first-order chi connectivity index (χ1) is 14.1. The maximum Gasteiger partial charge on any atom is 0.416 e. The first kappa shape index (κ1) is 20.9. The predicted octanol–water partition coefficient (Wildman–Crippen LogP) is 2.59. The Kier molecular flexibility index (Phi) is 5.50. The number of nitrogens with zero attached hydrogens (tertiary/aromatic N) is 1. The summed E-state index contributed by atoms with van der Waals surface area (Å²) < 4.78 is 40.1. The summed E-state index contributed by atoms with van der Waals surface area (Å²) in [6.45, 7) is -1.08. The highest BCUT2D eigenvalue weighted by Gasteiger charge is 2.30. The lowest BCUT2D eigenvalue weighted by molar-refractivity contribution is -0.138. The van der Waals surface area contributed by atoms with Crippen molar-refractivity contribution in [2.24, 2.45) is 0 Å². The molecule has 7 nitrogen and oxygen atoms in total. The molecule has 0 aliphatic heterocycles. The van der Waals surface area contributed by atoms with E-state index in [0.29, 0.717) is 0 Å². The third kappa shape index (κ3) is 4.12. The van der Waals surface area contributed by atoms with Crippen LogP contribution >= 0.6 is 0 Å². The van der Waals surface area contributed by atoms with Gasteiger partial charge < -0.3 is 20.1 Å². The Bertz CT molecular complexity index is 1200. The zero-order valence-corrected chi connectivity index (χ0v) is 15.2. The third-order valence-corrected chi connectivity index (χ3v) is 4.37. The molecule has 0 saturated carbocycles. The minimum absolute atomic E-state index is 0.115. The molecule has 3 aromatic rings. The normalized spacial score (nSPS) is 11.4. The second-order valence-corrected chi connectivity index (χ2v) is 6.41. The highest BCUT2D eigenvalue weighted by atomic mass is 19.4. The Balaban J connectivity index is 2.16. The van der Waals surface area contributed by atoms with Crippen molar-refractivity contribution in [3.8, 4) is 5.75 Å². The number of rotatable bonds is 5. The smallest absolute Gasteiger partial charge is 0.416 e. The van der Waals surface area contributed by atoms with Gasteiger partial charge >= 0.3 is 12.1 Å². The lowest BCUT2D eigenvalue weighted by Gasteiger charge is -2.15. The maximum absolute atomic E-state index is 13.0. The maximum atomic E-state index is 13.0. The lowest BCUT2D eigenvalue weighted by Crippen LogP contribution is -2.36. The number of carbonyl (C=O) groups excluding carboxylic acids is 1. The van der Waals surface area contributed by atoms with E-state index in [4.69, 9.17) is 5.11 Å². The second-order valence-electron chi connectivity index (χ2n) is 6.41. The molecule has 0 spiro atoms. The van der Waals surface area contributed by atoms with E-state index in [9.17, 15) is 32.7 Å². The Morgan fingerprint density at radius 1 is 1.07 bits per heavy atom. The van der Waals surface area contributed by atoms with Gasteiger partial charge in [-0.15, -0.1) is 0 Å². The number of nitrogens with one attached hydrogen (secondary N) is 1. The fourth-order valence-electron chi connectivity index (χ4n) is 3.02. The topological polar surface area (TPSA) is 109 Å². The van der Waals surface area contributed by atoms with Gasteiger partial charge in [0, 0.05) is 5.39 Å². The van der Waals surface area contributed by atoms with Crippen LogP contribution in [-0.2, 0) is 17.5 Å². The number of carboxylic acids is 1. The number of pyridine rings is 1. The van der Waals surface area contributed by atoms with E-state index < -0.39 is 47.0 Å². The van der Waals surface area contributed by atoms with Crippen LogP contribution < -0.4 is 10.9 Å². The van der Waals surface area contributed by atoms with Gasteiger partial charge in [0.15, 0.2) is 0 Å². The number of alkyl halides is 3. The molecule has 2 aromatic carbocycles. The van der Waals surface area contributed by atoms with Gasteiger partial charge in [0.05, 0.1) is 17.6 Å². The minimum atomic E-state index is -4.57. The summed E-state index contributed by atoms with van der Waals surface area (Å²) in [7, 11) is 0. The number of aromatic hydroxyl groups is 1. The van der Waals surface area contributed by atoms with Crippen LogP contribution in [0.3, 0.4) is 0 Å². The molecule has 156 valence electrons. The summed E-state index contributed by atoms with van der Waals surface area (Å²) in [6, 6.07) is 10.4. The van der Waals surface area contributed by atoms with Gasteiger partial charge in [-0.05, 0) is 29.8 Å². The highest BCUT2D eigenvalue weighted by molar-refractivity contribution is 6.03. The molecule has 0 atom stereocenters. The van der Waals surface area contributed by atoms with E-state index in [1.807, 2.05) is 5.32 Å². The zero-order valence-electron chi connectivity index (χ0n) is 15.2. The molecule has 0 fully saturated rings. The fourth-order valence-corrected chi connectivity index (χ4v) is 3.02. The van der Waals surface area contributed by atoms with Crippen LogP contribution in [0.4, 0.5) is 13.2 Å². The molecule has 0 radical (unpaired) electrons. The molecule has 1 heterocycles. The molecular weight excluding hydrogens is 405 g/mol. The van der Waals surface area contributed by atoms with E-state index in [-0.39, 0.29) is 23.0 Å². The van der Waals surface area contributed by atoms with Crippen LogP contribution in [0.1, 0.15) is 21.5 Å². The van der Waals surface area contributed by atoms with E-state index in [2.05, 4.69) is 0 Å². The Morgan fingerprint density at radius 2 is 1.77 bits per heavy atom. The second kappa shape index (κ2) is 7.90. The van der Waals surface area contributed by atoms with E-state index in [1.54, 1.807) is 12.1 Å². The largest absolute Gasteiger partial charge is 0.506 e. The van der Waals surface area contributed by atoms with Crippen molar-refractivity contribution in [2.45, 2.75) is 12.7 Å². The summed E-state index contributed by atoms with van der Waals surface area (Å²) in [5, 5.41) is 21.3. The number of hydrogen-bond acceptors (Lipinski definition) is 4. The van der Waals surface area contributed by atoms with Crippen molar-refractivity contribution in [3.63, 3.8) is 0 Å². The summed E-state index contributed by atoms with van der Waals surface area (Å²) in [5.41, 5.74) is -2.20. The van der Waals surface area contributed by atoms with E-state index in [1.165, 1.54) is 24.3 Å². The number of amides is 1. The lowest BCUT2D eigenvalue weighted by atomic mass is 10.1. The number of aliphatic carboxylic acids is 1. The monoisotopic (exact) mass is 420 g/mol. The molecule has 1 amide bonds. The summed E-state index contributed by atoms with van der Waals surface area (Å²) >= 11 is 0. The van der Waals surface area contributed by atoms with E-state index >= 15 is 0 Å². The van der Waals surface area contributed by atoms with Crippen LogP contribution in [0, 0.1) is 0 Å². The molecule has 10 heteroatoms. The van der Waals surface area contributed by atoms with Crippen molar-refractivity contribution in [3.05, 3.63) is 75.6 Å². The van der Waals surface area contributed by atoms with Gasteiger partial charge in [-0.3, -0.25) is 14.4 Å². The van der Waals surface area contributed by atoms with Crippen LogP contribution in [0.5, 0.6) is 5.75 Å². The Hall–Kier alpha value is -3.82. The molecule has 0 saturated heterocycles. The fraction of sp³-hybridized carbons (Fsp3) is 0.150. The summed E-state index contributed by atoms with van der Waals surface area (Å²) in [4.78, 5) is 36.0. The van der Waals surface area contributed by atoms with E-state index in [0.717, 1.165) is 16.7 Å². The molecule has 0 aliphatic rings. The Morgan fingerprint density at radius 3 is 2.43 bits per heavy atom. The van der Waals surface area contributed by atoms with Gasteiger partial charge in [-0.25, -0.2) is 0 Å². The number of benzene rings is 2. The van der Waals surface area contributed by atoms with Crippen molar-refractivity contribution < 1.29 is 33.0 Å². The zero-order chi connectivity index (χ0) is 22.1. The van der Waals surface area contributed by atoms with Crippen LogP contribution in [0.2, 0.25) is 0 Å². The number of para-hydroxylation sites is 1. The van der Waals surface area contributed by atoms with Crippen LogP contribution in [0.15, 0.2) is 53.3 Å². The molecule has 0 bridgehead atoms. The third-order valence-electron chi connectivity index (χ3n) is 4.37. The molecule has 30 heavy (non-hydrogen) atoms. The first-order valence-electron chi connectivity index (χ1n) is 8.60. The van der Waals surface area contributed by atoms with Gasteiger partial charge in [-0.2, -0.15) is 13.2 Å². The SMILES string of the molecule is O=C(O)CNC(=O)c1c(O)c2ccccc2n(Cc2cccc(C(F)(F)F)c2)c1=O.